The lowest BCUT2D eigenvalue weighted by atomic mass is 9.96. The number of piperidine rings is 1. The lowest BCUT2D eigenvalue weighted by Gasteiger charge is -2.40. The fourth-order valence-electron chi connectivity index (χ4n) is 4.60. The molecule has 2 aromatic rings. The predicted molar refractivity (Wildman–Crippen MR) is 117 cm³/mol. The number of pyridine rings is 1. The van der Waals surface area contributed by atoms with Crippen molar-refractivity contribution in [2.75, 3.05) is 4.90 Å². The quantitative estimate of drug-likeness (QED) is 0.657. The molecule has 2 aliphatic heterocycles. The van der Waals surface area contributed by atoms with E-state index in [4.69, 9.17) is 9.88 Å². The first-order chi connectivity index (χ1) is 15.4. The Morgan fingerprint density at radius 3 is 2.36 bits per heavy atom. The number of hydrogen-bond acceptors (Lipinski definition) is 6. The van der Waals surface area contributed by atoms with Crippen LogP contribution >= 0.6 is 0 Å². The Morgan fingerprint density at radius 1 is 1.15 bits per heavy atom. The van der Waals surface area contributed by atoms with Crippen LogP contribution in [0.3, 0.4) is 0 Å². The van der Waals surface area contributed by atoms with Gasteiger partial charge in [0.15, 0.2) is 17.2 Å². The molecule has 1 amide bonds. The van der Waals surface area contributed by atoms with Gasteiger partial charge in [0, 0.05) is 30.4 Å². The predicted octanol–water partition coefficient (Wildman–Crippen LogP) is 2.48. The second-order valence-electron chi connectivity index (χ2n) is 9.02. The lowest BCUT2D eigenvalue weighted by molar-refractivity contribution is -0.135. The van der Waals surface area contributed by atoms with Crippen LogP contribution in [0.5, 0.6) is 5.75 Å². The summed E-state index contributed by atoms with van der Waals surface area (Å²) < 4.78 is 55.2. The zero-order valence-corrected chi connectivity index (χ0v) is 19.1. The summed E-state index contributed by atoms with van der Waals surface area (Å²) in [7, 11) is -3.80. The molecule has 3 heterocycles. The van der Waals surface area contributed by atoms with Gasteiger partial charge >= 0.3 is 0 Å². The fourth-order valence-corrected chi connectivity index (χ4v) is 5.06. The number of carbonyl (C=O) groups is 1. The SMILES string of the molecule is CC(C)(Oc1ccc(F)c(F)c1)C(=O)N[C@H]1C[C@H]2CC[C@@H](C1)N2c1ccc(S(N)(=O)=O)cn1. The Bertz CT molecular complexity index is 1140. The summed E-state index contributed by atoms with van der Waals surface area (Å²) in [5.41, 5.74) is -1.29. The van der Waals surface area contributed by atoms with Crippen molar-refractivity contribution in [3.63, 3.8) is 0 Å². The molecule has 11 heteroatoms. The zero-order chi connectivity index (χ0) is 24.0. The monoisotopic (exact) mass is 480 g/mol. The second kappa shape index (κ2) is 8.53. The summed E-state index contributed by atoms with van der Waals surface area (Å²) in [5, 5.41) is 8.18. The molecule has 2 fully saturated rings. The number of amides is 1. The summed E-state index contributed by atoms with van der Waals surface area (Å²) in [5.74, 6) is -1.63. The molecule has 178 valence electrons. The van der Waals surface area contributed by atoms with Gasteiger partial charge in [-0.3, -0.25) is 4.79 Å². The van der Waals surface area contributed by atoms with Crippen LogP contribution in [0, 0.1) is 11.6 Å². The molecule has 0 spiro atoms. The average Bonchev–Trinajstić information content (AvgIpc) is 3.00. The minimum atomic E-state index is -3.80. The Balaban J connectivity index is 1.40. The van der Waals surface area contributed by atoms with Crippen LogP contribution in [0.4, 0.5) is 14.6 Å². The van der Waals surface area contributed by atoms with Crippen molar-refractivity contribution < 1.29 is 26.7 Å². The highest BCUT2D eigenvalue weighted by atomic mass is 32.2. The number of fused-ring (bicyclic) bond motifs is 2. The zero-order valence-electron chi connectivity index (χ0n) is 18.3. The van der Waals surface area contributed by atoms with Crippen molar-refractivity contribution in [2.24, 2.45) is 5.14 Å². The van der Waals surface area contributed by atoms with Crippen LogP contribution in [0.25, 0.3) is 0 Å². The van der Waals surface area contributed by atoms with Crippen molar-refractivity contribution >= 4 is 21.7 Å². The smallest absolute Gasteiger partial charge is 0.263 e. The third-order valence-corrected chi connectivity index (χ3v) is 7.09. The Hall–Kier alpha value is -2.79. The average molecular weight is 481 g/mol. The molecule has 2 bridgehead atoms. The van der Waals surface area contributed by atoms with Crippen LogP contribution < -0.4 is 20.1 Å². The third kappa shape index (κ3) is 4.93. The number of nitrogens with zero attached hydrogens (tertiary/aromatic N) is 2. The van der Waals surface area contributed by atoms with Gasteiger partial charge in [-0.05, 0) is 63.8 Å². The summed E-state index contributed by atoms with van der Waals surface area (Å²) >= 11 is 0. The molecule has 8 nitrogen and oxygen atoms in total. The number of aromatic nitrogens is 1. The van der Waals surface area contributed by atoms with Gasteiger partial charge in [-0.2, -0.15) is 0 Å². The van der Waals surface area contributed by atoms with Gasteiger partial charge < -0.3 is 15.0 Å². The van der Waals surface area contributed by atoms with Crippen molar-refractivity contribution in [2.45, 2.75) is 68.2 Å². The minimum Gasteiger partial charge on any atom is -0.478 e. The molecular formula is C22H26F2N4O4S. The number of nitrogens with one attached hydrogen (secondary N) is 1. The second-order valence-corrected chi connectivity index (χ2v) is 10.6. The maximum Gasteiger partial charge on any atom is 0.263 e. The Labute approximate surface area is 191 Å². The normalized spacial score (nSPS) is 22.8. The van der Waals surface area contributed by atoms with Crippen LogP contribution in [-0.4, -0.2) is 43.0 Å². The Morgan fingerprint density at radius 2 is 1.82 bits per heavy atom. The molecule has 1 aromatic heterocycles. The number of carbonyl (C=O) groups excluding carboxylic acids is 1. The highest BCUT2D eigenvalue weighted by molar-refractivity contribution is 7.89. The lowest BCUT2D eigenvalue weighted by Crippen LogP contribution is -2.55. The molecule has 4 rings (SSSR count). The van der Waals surface area contributed by atoms with E-state index in [1.807, 2.05) is 0 Å². The van der Waals surface area contributed by atoms with Crippen molar-refractivity contribution in [3.05, 3.63) is 48.2 Å². The van der Waals surface area contributed by atoms with E-state index in [9.17, 15) is 22.0 Å². The first-order valence-electron chi connectivity index (χ1n) is 10.7. The van der Waals surface area contributed by atoms with Crippen LogP contribution in [-0.2, 0) is 14.8 Å². The van der Waals surface area contributed by atoms with Gasteiger partial charge in [-0.15, -0.1) is 0 Å². The van der Waals surface area contributed by atoms with Crippen molar-refractivity contribution in [1.29, 1.82) is 0 Å². The number of sulfonamides is 1. The fraction of sp³-hybridized carbons (Fsp3) is 0.455. The van der Waals surface area contributed by atoms with Gasteiger partial charge in [-0.25, -0.2) is 27.3 Å². The van der Waals surface area contributed by atoms with E-state index in [2.05, 4.69) is 15.2 Å². The summed E-state index contributed by atoms with van der Waals surface area (Å²) in [6.45, 7) is 3.15. The summed E-state index contributed by atoms with van der Waals surface area (Å²) in [6, 6.07) is 6.47. The highest BCUT2D eigenvalue weighted by Crippen LogP contribution is 2.39. The molecule has 0 radical (unpaired) electrons. The Kier molecular flexibility index (Phi) is 6.04. The molecule has 1 aromatic carbocycles. The van der Waals surface area contributed by atoms with Crippen molar-refractivity contribution in [1.82, 2.24) is 10.3 Å². The molecule has 0 saturated carbocycles. The molecule has 3 N–H and O–H groups in total. The molecule has 2 saturated heterocycles. The van der Waals surface area contributed by atoms with E-state index in [0.29, 0.717) is 18.7 Å². The van der Waals surface area contributed by atoms with Crippen LogP contribution in [0.15, 0.2) is 41.4 Å². The number of primary sulfonamides is 1. The number of hydrogen-bond donors (Lipinski definition) is 2. The van der Waals surface area contributed by atoms with E-state index in [1.54, 1.807) is 19.9 Å². The molecule has 0 aliphatic carbocycles. The molecule has 3 atom stereocenters. The summed E-state index contributed by atoms with van der Waals surface area (Å²) in [6.07, 6.45) is 4.52. The minimum absolute atomic E-state index is 0.0380. The molecular weight excluding hydrogens is 454 g/mol. The first-order valence-corrected chi connectivity index (χ1v) is 12.2. The number of ether oxygens (including phenoxy) is 1. The highest BCUT2D eigenvalue weighted by Gasteiger charge is 2.43. The largest absolute Gasteiger partial charge is 0.478 e. The van der Waals surface area contributed by atoms with E-state index >= 15 is 0 Å². The van der Waals surface area contributed by atoms with E-state index < -0.39 is 27.3 Å². The number of rotatable bonds is 6. The maximum atomic E-state index is 13.5. The maximum absolute atomic E-state index is 13.5. The van der Waals surface area contributed by atoms with Gasteiger partial charge in [-0.1, -0.05) is 0 Å². The standard InChI is InChI=1S/C22H26F2N4O4S/c1-22(2,32-16-5-7-18(23)19(24)11-16)21(29)27-13-9-14-3-4-15(10-13)28(14)20-8-6-17(12-26-20)33(25,30)31/h5-8,11-15H,3-4,9-10H2,1-2H3,(H,27,29)(H2,25,30,31)/t13-,14+,15-. The van der Waals surface area contributed by atoms with E-state index in [1.165, 1.54) is 18.3 Å². The van der Waals surface area contributed by atoms with E-state index in [-0.39, 0.29) is 34.7 Å². The van der Waals surface area contributed by atoms with Gasteiger partial charge in [0.1, 0.15) is 16.5 Å². The van der Waals surface area contributed by atoms with E-state index in [0.717, 1.165) is 25.0 Å². The first kappa shape index (κ1) is 23.4. The number of halogens is 2. The molecule has 33 heavy (non-hydrogen) atoms. The molecule has 2 aliphatic rings. The number of nitrogens with two attached hydrogens (primary N) is 1. The van der Waals surface area contributed by atoms with Crippen LogP contribution in [0.1, 0.15) is 39.5 Å². The van der Waals surface area contributed by atoms with Gasteiger partial charge in [0.25, 0.3) is 5.91 Å². The van der Waals surface area contributed by atoms with Gasteiger partial charge in [0.2, 0.25) is 10.0 Å². The topological polar surface area (TPSA) is 115 Å². The summed E-state index contributed by atoms with van der Waals surface area (Å²) in [4.78, 5) is 19.3. The van der Waals surface area contributed by atoms with Crippen LogP contribution in [0.2, 0.25) is 0 Å². The van der Waals surface area contributed by atoms with Crippen molar-refractivity contribution in [3.8, 4) is 5.75 Å². The van der Waals surface area contributed by atoms with Gasteiger partial charge in [0.05, 0.1) is 0 Å². The number of anilines is 1. The molecule has 0 unspecified atom stereocenters. The third-order valence-electron chi connectivity index (χ3n) is 6.19. The number of benzene rings is 1.